The Kier molecular flexibility index (Phi) is 4.09. The maximum Gasteiger partial charge on any atom is 0.00512 e. The van der Waals surface area contributed by atoms with Gasteiger partial charge in [-0.2, -0.15) is 0 Å². The smallest absolute Gasteiger partial charge is 0.00512 e. The summed E-state index contributed by atoms with van der Waals surface area (Å²) in [6, 6.07) is 4.51. The van der Waals surface area contributed by atoms with Gasteiger partial charge in [0.05, 0.1) is 0 Å². The zero-order valence-electron chi connectivity index (χ0n) is 7.68. The number of hydrogen-bond acceptors (Lipinski definition) is 1. The van der Waals surface area contributed by atoms with E-state index in [1.165, 1.54) is 22.6 Å². The van der Waals surface area contributed by atoms with Crippen molar-refractivity contribution in [1.82, 2.24) is 0 Å². The van der Waals surface area contributed by atoms with Gasteiger partial charge in [-0.15, -0.1) is 17.9 Å². The van der Waals surface area contributed by atoms with E-state index in [4.69, 9.17) is 0 Å². The third-order valence-corrected chi connectivity index (χ3v) is 3.01. The average Bonchev–Trinajstić information content (AvgIpc) is 2.50. The molecule has 1 heteroatoms. The summed E-state index contributed by atoms with van der Waals surface area (Å²) >= 11 is 1.95. The van der Waals surface area contributed by atoms with Crippen LogP contribution in [0.5, 0.6) is 0 Å². The highest BCUT2D eigenvalue weighted by molar-refractivity contribution is 7.11. The molecule has 0 aliphatic carbocycles. The van der Waals surface area contributed by atoms with Crippen LogP contribution < -0.4 is 0 Å². The van der Waals surface area contributed by atoms with Gasteiger partial charge < -0.3 is 0 Å². The molecule has 0 aliphatic heterocycles. The summed E-state index contributed by atoms with van der Waals surface area (Å²) < 4.78 is 0. The second-order valence-electron chi connectivity index (χ2n) is 2.95. The van der Waals surface area contributed by atoms with E-state index in [1.807, 2.05) is 17.4 Å². The Morgan fingerprint density at radius 2 is 2.00 bits per heavy atom. The van der Waals surface area contributed by atoms with E-state index in [0.717, 1.165) is 12.8 Å². The molecule has 1 aromatic rings. The second kappa shape index (κ2) is 5.15. The van der Waals surface area contributed by atoms with Crippen LogP contribution in [0.2, 0.25) is 0 Å². The predicted molar refractivity (Wildman–Crippen MR) is 56.8 cm³/mol. The first-order valence-corrected chi connectivity index (χ1v) is 5.37. The Balaban J connectivity index is 2.46. The molecule has 0 N–H and O–H groups in total. The molecule has 0 aliphatic rings. The molecule has 12 heavy (non-hydrogen) atoms. The predicted octanol–water partition coefficient (Wildman–Crippen LogP) is 3.82. The molecule has 0 aromatic carbocycles. The molecule has 66 valence electrons. The monoisotopic (exact) mass is 180 g/mol. The Morgan fingerprint density at radius 1 is 1.33 bits per heavy atom. The van der Waals surface area contributed by atoms with E-state index in [0.29, 0.717) is 0 Å². The van der Waals surface area contributed by atoms with E-state index in [1.54, 1.807) is 0 Å². The van der Waals surface area contributed by atoms with E-state index in [-0.39, 0.29) is 0 Å². The fourth-order valence-corrected chi connectivity index (χ4v) is 2.32. The lowest BCUT2D eigenvalue weighted by Gasteiger charge is -1.91. The van der Waals surface area contributed by atoms with Crippen LogP contribution in [0.4, 0.5) is 0 Å². The molecule has 1 aromatic heterocycles. The molecular formula is C11H16S. The van der Waals surface area contributed by atoms with Crippen LogP contribution in [0.15, 0.2) is 24.8 Å². The summed E-state index contributed by atoms with van der Waals surface area (Å²) in [5, 5.41) is 0. The van der Waals surface area contributed by atoms with Gasteiger partial charge in [-0.1, -0.05) is 19.4 Å². The Labute approximate surface area is 78.9 Å². The fraction of sp³-hybridized carbons (Fsp3) is 0.455. The van der Waals surface area contributed by atoms with E-state index in [9.17, 15) is 0 Å². The molecule has 0 radical (unpaired) electrons. The minimum atomic E-state index is 1.10. The summed E-state index contributed by atoms with van der Waals surface area (Å²) in [7, 11) is 0. The summed E-state index contributed by atoms with van der Waals surface area (Å²) in [6.45, 7) is 5.95. The van der Waals surface area contributed by atoms with Gasteiger partial charge in [0, 0.05) is 9.75 Å². The molecule has 1 rings (SSSR count). The van der Waals surface area contributed by atoms with E-state index < -0.39 is 0 Å². The first-order valence-electron chi connectivity index (χ1n) is 4.55. The van der Waals surface area contributed by atoms with Crippen molar-refractivity contribution in [3.8, 4) is 0 Å². The largest absolute Gasteiger partial charge is 0.145 e. The van der Waals surface area contributed by atoms with Crippen LogP contribution in [0.3, 0.4) is 0 Å². The molecule has 0 amide bonds. The molecule has 0 atom stereocenters. The highest BCUT2D eigenvalue weighted by atomic mass is 32.1. The molecule has 0 nitrogen and oxygen atoms in total. The van der Waals surface area contributed by atoms with Gasteiger partial charge in [0.1, 0.15) is 0 Å². The number of thiophene rings is 1. The van der Waals surface area contributed by atoms with Crippen molar-refractivity contribution < 1.29 is 0 Å². The first-order chi connectivity index (χ1) is 5.86. The van der Waals surface area contributed by atoms with Crippen molar-refractivity contribution in [3.63, 3.8) is 0 Å². The van der Waals surface area contributed by atoms with Crippen LogP contribution in [0.25, 0.3) is 0 Å². The standard InChI is InChI=1S/C11H16S/c1-3-5-7-11-9-8-10(12-11)6-4-2/h3,8-9H,1,4-7H2,2H3. The zero-order chi connectivity index (χ0) is 8.81. The van der Waals surface area contributed by atoms with Crippen molar-refractivity contribution in [1.29, 1.82) is 0 Å². The number of hydrogen-bond donors (Lipinski definition) is 0. The summed E-state index contributed by atoms with van der Waals surface area (Å²) in [6.07, 6.45) is 6.74. The second-order valence-corrected chi connectivity index (χ2v) is 4.20. The van der Waals surface area contributed by atoms with E-state index in [2.05, 4.69) is 25.6 Å². The summed E-state index contributed by atoms with van der Waals surface area (Å²) in [5.74, 6) is 0. The number of rotatable bonds is 5. The van der Waals surface area contributed by atoms with Gasteiger partial charge in [-0.25, -0.2) is 0 Å². The van der Waals surface area contributed by atoms with Gasteiger partial charge in [0.25, 0.3) is 0 Å². The zero-order valence-corrected chi connectivity index (χ0v) is 8.49. The van der Waals surface area contributed by atoms with Gasteiger partial charge >= 0.3 is 0 Å². The summed E-state index contributed by atoms with van der Waals surface area (Å²) in [5.41, 5.74) is 0. The molecule has 0 spiro atoms. The molecule has 0 saturated heterocycles. The lowest BCUT2D eigenvalue weighted by Crippen LogP contribution is -1.74. The van der Waals surface area contributed by atoms with Crippen LogP contribution in [0, 0.1) is 0 Å². The van der Waals surface area contributed by atoms with Gasteiger partial charge in [0.2, 0.25) is 0 Å². The minimum Gasteiger partial charge on any atom is -0.145 e. The third kappa shape index (κ3) is 2.82. The van der Waals surface area contributed by atoms with Gasteiger partial charge in [-0.3, -0.25) is 0 Å². The topological polar surface area (TPSA) is 0 Å². The Morgan fingerprint density at radius 3 is 2.58 bits per heavy atom. The number of allylic oxidation sites excluding steroid dienone is 1. The average molecular weight is 180 g/mol. The summed E-state index contributed by atoms with van der Waals surface area (Å²) in [4.78, 5) is 3.02. The van der Waals surface area contributed by atoms with Crippen LogP contribution >= 0.6 is 11.3 Å². The highest BCUT2D eigenvalue weighted by Gasteiger charge is 1.97. The van der Waals surface area contributed by atoms with Crippen LogP contribution in [-0.4, -0.2) is 0 Å². The SMILES string of the molecule is C=CCCc1ccc(CCC)s1. The number of aryl methyl sites for hydroxylation is 2. The van der Waals surface area contributed by atoms with Crippen molar-refractivity contribution in [2.75, 3.05) is 0 Å². The van der Waals surface area contributed by atoms with Crippen molar-refractivity contribution in [3.05, 3.63) is 34.5 Å². The Bertz CT molecular complexity index is 235. The Hall–Kier alpha value is -0.560. The fourth-order valence-electron chi connectivity index (χ4n) is 1.18. The quantitative estimate of drug-likeness (QED) is 0.604. The molecule has 0 fully saturated rings. The van der Waals surface area contributed by atoms with Crippen molar-refractivity contribution >= 4 is 11.3 Å². The van der Waals surface area contributed by atoms with Crippen molar-refractivity contribution in [2.24, 2.45) is 0 Å². The lowest BCUT2D eigenvalue weighted by atomic mass is 10.2. The third-order valence-electron chi connectivity index (χ3n) is 1.81. The maximum atomic E-state index is 3.72. The molecule has 0 bridgehead atoms. The lowest BCUT2D eigenvalue weighted by molar-refractivity contribution is 0.940. The van der Waals surface area contributed by atoms with Gasteiger partial charge in [-0.05, 0) is 31.4 Å². The first kappa shape index (κ1) is 9.53. The molecule has 0 unspecified atom stereocenters. The van der Waals surface area contributed by atoms with Gasteiger partial charge in [0.15, 0.2) is 0 Å². The molecular weight excluding hydrogens is 164 g/mol. The van der Waals surface area contributed by atoms with Crippen molar-refractivity contribution in [2.45, 2.75) is 32.6 Å². The van der Waals surface area contributed by atoms with E-state index >= 15 is 0 Å². The van der Waals surface area contributed by atoms with Crippen LogP contribution in [0.1, 0.15) is 29.5 Å². The molecule has 0 saturated carbocycles. The molecule has 1 heterocycles. The normalized spacial score (nSPS) is 10.1. The highest BCUT2D eigenvalue weighted by Crippen LogP contribution is 2.19. The minimum absolute atomic E-state index is 1.10. The van der Waals surface area contributed by atoms with Crippen LogP contribution in [-0.2, 0) is 12.8 Å². The maximum absolute atomic E-state index is 3.72.